The second-order valence-corrected chi connectivity index (χ2v) is 8.60. The first kappa shape index (κ1) is 20.1. The summed E-state index contributed by atoms with van der Waals surface area (Å²) in [5.74, 6) is -0.256. The lowest BCUT2D eigenvalue weighted by atomic mass is 9.89. The highest BCUT2D eigenvalue weighted by atomic mass is 35.5. The summed E-state index contributed by atoms with van der Waals surface area (Å²) in [6.45, 7) is -0.0345. The first-order valence-corrected chi connectivity index (χ1v) is 10.5. The van der Waals surface area contributed by atoms with Crippen molar-refractivity contribution in [2.24, 2.45) is 5.92 Å². The van der Waals surface area contributed by atoms with Gasteiger partial charge in [0.1, 0.15) is 0 Å². The molecule has 1 saturated carbocycles. The van der Waals surface area contributed by atoms with Gasteiger partial charge in [0.2, 0.25) is 11.8 Å². The van der Waals surface area contributed by atoms with Crippen molar-refractivity contribution in [1.82, 2.24) is 10.3 Å². The van der Waals surface area contributed by atoms with Crippen LogP contribution in [0.25, 0.3) is 0 Å². The van der Waals surface area contributed by atoms with Crippen LogP contribution in [-0.2, 0) is 16.0 Å². The molecule has 8 heteroatoms. The molecule has 1 heterocycles. The molecule has 0 saturated heterocycles. The van der Waals surface area contributed by atoms with E-state index in [2.05, 4.69) is 15.6 Å². The summed E-state index contributed by atoms with van der Waals surface area (Å²) in [5.41, 5.74) is 0.947. The third kappa shape index (κ3) is 5.92. The van der Waals surface area contributed by atoms with E-state index >= 15 is 0 Å². The normalized spacial score (nSPS) is 14.7. The molecule has 0 bridgehead atoms. The van der Waals surface area contributed by atoms with Gasteiger partial charge in [-0.25, -0.2) is 4.98 Å². The van der Waals surface area contributed by atoms with Crippen LogP contribution in [0.1, 0.15) is 42.5 Å². The maximum Gasteiger partial charge on any atom is 0.245 e. The quantitative estimate of drug-likeness (QED) is 0.705. The number of rotatable bonds is 6. The fourth-order valence-electron chi connectivity index (χ4n) is 3.14. The maximum atomic E-state index is 12.1. The lowest BCUT2D eigenvalue weighted by Gasteiger charge is -2.20. The number of carbonyl (C=O) groups excluding carboxylic acids is 2. The van der Waals surface area contributed by atoms with E-state index in [1.54, 1.807) is 18.3 Å². The highest BCUT2D eigenvalue weighted by Gasteiger charge is 2.21. The summed E-state index contributed by atoms with van der Waals surface area (Å²) < 4.78 is 0. The number of aromatic nitrogens is 1. The molecule has 2 aromatic rings. The Morgan fingerprint density at radius 2 is 1.96 bits per heavy atom. The van der Waals surface area contributed by atoms with Gasteiger partial charge in [-0.2, -0.15) is 0 Å². The smallest absolute Gasteiger partial charge is 0.245 e. The molecule has 2 N–H and O–H groups in total. The van der Waals surface area contributed by atoms with Crippen molar-refractivity contribution in [3.05, 3.63) is 44.9 Å². The van der Waals surface area contributed by atoms with Gasteiger partial charge in [0, 0.05) is 33.5 Å². The predicted octanol–water partition coefficient (Wildman–Crippen LogP) is 4.68. The van der Waals surface area contributed by atoms with Gasteiger partial charge >= 0.3 is 0 Å². The number of amides is 2. The summed E-state index contributed by atoms with van der Waals surface area (Å²) in [7, 11) is 0. The average molecular weight is 426 g/mol. The van der Waals surface area contributed by atoms with Crippen LogP contribution in [0.2, 0.25) is 10.0 Å². The summed E-state index contributed by atoms with van der Waals surface area (Å²) in [6.07, 6.45) is 7.52. The lowest BCUT2D eigenvalue weighted by Crippen LogP contribution is -2.37. The lowest BCUT2D eigenvalue weighted by molar-refractivity contribution is -0.128. The Morgan fingerprint density at radius 1 is 1.19 bits per heavy atom. The topological polar surface area (TPSA) is 71.1 Å². The molecule has 144 valence electrons. The zero-order chi connectivity index (χ0) is 19.2. The molecule has 1 fully saturated rings. The molecule has 3 rings (SSSR count). The van der Waals surface area contributed by atoms with Gasteiger partial charge in [-0.3, -0.25) is 9.59 Å². The van der Waals surface area contributed by atoms with Crippen molar-refractivity contribution >= 4 is 51.5 Å². The van der Waals surface area contributed by atoms with E-state index in [1.165, 1.54) is 17.8 Å². The van der Waals surface area contributed by atoms with Crippen molar-refractivity contribution in [3.8, 4) is 0 Å². The van der Waals surface area contributed by atoms with Gasteiger partial charge in [-0.1, -0.05) is 48.5 Å². The first-order valence-electron chi connectivity index (χ1n) is 8.97. The number of hydrogen-bond acceptors (Lipinski definition) is 4. The SMILES string of the molecule is O=C(CNC(=O)C1CCCCC1)Nc1ncc(Cc2ccc(Cl)cc2Cl)s1. The average Bonchev–Trinajstić information content (AvgIpc) is 3.09. The summed E-state index contributed by atoms with van der Waals surface area (Å²) in [6, 6.07) is 5.38. The van der Waals surface area contributed by atoms with Crippen molar-refractivity contribution in [3.63, 3.8) is 0 Å². The number of nitrogens with one attached hydrogen (secondary N) is 2. The molecular weight excluding hydrogens is 405 g/mol. The van der Waals surface area contributed by atoms with Gasteiger partial charge in [0.15, 0.2) is 5.13 Å². The van der Waals surface area contributed by atoms with E-state index in [4.69, 9.17) is 23.2 Å². The third-order valence-corrected chi connectivity index (χ3v) is 6.08. The van der Waals surface area contributed by atoms with Gasteiger partial charge in [-0.15, -0.1) is 11.3 Å². The van der Waals surface area contributed by atoms with Gasteiger partial charge in [-0.05, 0) is 30.5 Å². The molecule has 1 aliphatic rings. The number of hydrogen-bond donors (Lipinski definition) is 2. The van der Waals surface area contributed by atoms with Crippen LogP contribution < -0.4 is 10.6 Å². The fourth-order valence-corrected chi connectivity index (χ4v) is 4.47. The molecule has 0 radical (unpaired) electrons. The van der Waals surface area contributed by atoms with Crippen molar-refractivity contribution in [2.45, 2.75) is 38.5 Å². The number of benzene rings is 1. The van der Waals surface area contributed by atoms with Crippen molar-refractivity contribution in [2.75, 3.05) is 11.9 Å². The standard InChI is InChI=1S/C19H21Cl2N3O2S/c20-14-7-6-13(16(21)9-14)8-15-10-23-19(27-15)24-17(25)11-22-18(26)12-4-2-1-3-5-12/h6-7,9-10,12H,1-5,8,11H2,(H,22,26)(H,23,24,25). The Bertz CT molecular complexity index is 819. The minimum absolute atomic E-state index is 0.0259. The second kappa shape index (κ2) is 9.53. The van der Waals surface area contributed by atoms with E-state index in [0.717, 1.165) is 36.1 Å². The molecular formula is C19H21Cl2N3O2S. The molecule has 0 unspecified atom stereocenters. The van der Waals surface area contributed by atoms with Crippen LogP contribution >= 0.6 is 34.5 Å². The molecule has 0 spiro atoms. The molecule has 27 heavy (non-hydrogen) atoms. The molecule has 1 aliphatic carbocycles. The van der Waals surface area contributed by atoms with Gasteiger partial charge in [0.05, 0.1) is 6.54 Å². The van der Waals surface area contributed by atoms with E-state index in [9.17, 15) is 9.59 Å². The molecule has 1 aromatic heterocycles. The number of halogens is 2. The minimum atomic E-state index is -0.274. The molecule has 2 amide bonds. The number of thiazole rings is 1. The highest BCUT2D eigenvalue weighted by molar-refractivity contribution is 7.15. The highest BCUT2D eigenvalue weighted by Crippen LogP contribution is 2.27. The van der Waals surface area contributed by atoms with Crippen LogP contribution in [0.4, 0.5) is 5.13 Å². The Hall–Kier alpha value is -1.63. The molecule has 1 aromatic carbocycles. The Balaban J connectivity index is 1.48. The van der Waals surface area contributed by atoms with E-state index < -0.39 is 0 Å². The molecule has 0 aliphatic heterocycles. The van der Waals surface area contributed by atoms with E-state index in [1.807, 2.05) is 6.07 Å². The maximum absolute atomic E-state index is 12.1. The zero-order valence-corrected chi connectivity index (χ0v) is 17.1. The van der Waals surface area contributed by atoms with E-state index in [-0.39, 0.29) is 24.3 Å². The number of carbonyl (C=O) groups is 2. The van der Waals surface area contributed by atoms with Crippen LogP contribution in [0.15, 0.2) is 24.4 Å². The Kier molecular flexibility index (Phi) is 7.10. The molecule has 5 nitrogen and oxygen atoms in total. The number of anilines is 1. The Morgan fingerprint density at radius 3 is 2.70 bits per heavy atom. The fraction of sp³-hybridized carbons (Fsp3) is 0.421. The van der Waals surface area contributed by atoms with Crippen LogP contribution in [0.3, 0.4) is 0 Å². The monoisotopic (exact) mass is 425 g/mol. The summed E-state index contributed by atoms with van der Waals surface area (Å²) in [4.78, 5) is 29.4. The minimum Gasteiger partial charge on any atom is -0.347 e. The van der Waals surface area contributed by atoms with Gasteiger partial charge < -0.3 is 10.6 Å². The van der Waals surface area contributed by atoms with Crippen LogP contribution in [-0.4, -0.2) is 23.3 Å². The summed E-state index contributed by atoms with van der Waals surface area (Å²) in [5, 5.41) is 7.16. The Labute approximate surface area is 172 Å². The first-order chi connectivity index (χ1) is 13.0. The second-order valence-electron chi connectivity index (χ2n) is 6.65. The molecule has 0 atom stereocenters. The van der Waals surface area contributed by atoms with Crippen LogP contribution in [0.5, 0.6) is 0 Å². The zero-order valence-electron chi connectivity index (χ0n) is 14.8. The van der Waals surface area contributed by atoms with Crippen molar-refractivity contribution < 1.29 is 9.59 Å². The third-order valence-electron chi connectivity index (χ3n) is 4.58. The van der Waals surface area contributed by atoms with Crippen LogP contribution in [0, 0.1) is 5.92 Å². The van der Waals surface area contributed by atoms with Crippen molar-refractivity contribution in [1.29, 1.82) is 0 Å². The van der Waals surface area contributed by atoms with Gasteiger partial charge in [0.25, 0.3) is 0 Å². The largest absolute Gasteiger partial charge is 0.347 e. The number of nitrogens with zero attached hydrogens (tertiary/aromatic N) is 1. The summed E-state index contributed by atoms with van der Waals surface area (Å²) >= 11 is 13.5. The van der Waals surface area contributed by atoms with E-state index in [0.29, 0.717) is 21.6 Å². The predicted molar refractivity (Wildman–Crippen MR) is 110 cm³/mol.